The van der Waals surface area contributed by atoms with Crippen LogP contribution in [0.1, 0.15) is 37.2 Å². The molecule has 0 aromatic heterocycles. The number of halogens is 4. The molecule has 0 spiro atoms. The minimum absolute atomic E-state index is 0.214. The van der Waals surface area contributed by atoms with Gasteiger partial charge in [0.2, 0.25) is 0 Å². The van der Waals surface area contributed by atoms with Crippen molar-refractivity contribution in [1.82, 2.24) is 0 Å². The first-order valence-corrected chi connectivity index (χ1v) is 7.67. The van der Waals surface area contributed by atoms with Crippen LogP contribution in [0, 0.1) is 17.2 Å². The molecular weight excluding hydrogens is 322 g/mol. The van der Waals surface area contributed by atoms with Gasteiger partial charge < -0.3 is 4.74 Å². The van der Waals surface area contributed by atoms with E-state index in [0.717, 1.165) is 37.3 Å². The molecule has 24 heavy (non-hydrogen) atoms. The summed E-state index contributed by atoms with van der Waals surface area (Å²) in [6.07, 6.45) is 3.60. The van der Waals surface area contributed by atoms with E-state index in [-0.39, 0.29) is 5.75 Å². The molecule has 0 atom stereocenters. The molecule has 0 N–H and O–H groups in total. The van der Waals surface area contributed by atoms with E-state index >= 15 is 0 Å². The quantitative estimate of drug-likeness (QED) is 0.395. The third kappa shape index (κ3) is 5.73. The van der Waals surface area contributed by atoms with Crippen LogP contribution in [0.15, 0.2) is 48.3 Å². The summed E-state index contributed by atoms with van der Waals surface area (Å²) in [6.45, 7) is 0. The summed E-state index contributed by atoms with van der Waals surface area (Å²) in [4.78, 5) is 0. The summed E-state index contributed by atoms with van der Waals surface area (Å²) in [7, 11) is 0. The summed E-state index contributed by atoms with van der Waals surface area (Å²) in [5.41, 5.74) is 1.00. The SMILES string of the molecule is N#C/C(F)=C/C=C/[C@H]1CC[C@H](c2ccc(OC(F)(F)F)cc2)CC1. The zero-order valence-corrected chi connectivity index (χ0v) is 12.9. The van der Waals surface area contributed by atoms with Crippen molar-refractivity contribution in [3.8, 4) is 11.8 Å². The Hall–Kier alpha value is -2.29. The van der Waals surface area contributed by atoms with Gasteiger partial charge in [-0.05, 0) is 61.3 Å². The second-order valence-corrected chi connectivity index (χ2v) is 5.74. The molecule has 0 bridgehead atoms. The number of rotatable bonds is 4. The lowest BCUT2D eigenvalue weighted by atomic mass is 9.78. The summed E-state index contributed by atoms with van der Waals surface area (Å²) in [5.74, 6) is -0.395. The highest BCUT2D eigenvalue weighted by Gasteiger charge is 2.31. The normalized spacial score (nSPS) is 22.4. The molecule has 128 valence electrons. The van der Waals surface area contributed by atoms with E-state index in [9.17, 15) is 17.6 Å². The molecule has 2 rings (SSSR count). The standard InChI is InChI=1S/C18H17F4NO/c19-16(12-23)3-1-2-13-4-6-14(7-5-13)15-8-10-17(11-9-15)24-18(20,21)22/h1-3,8-11,13-14H,4-7H2/b2-1+,16-3-/t13-,14-. The fourth-order valence-corrected chi connectivity index (χ4v) is 2.92. The van der Waals surface area contributed by atoms with Crippen molar-refractivity contribution >= 4 is 0 Å². The molecule has 1 aromatic rings. The van der Waals surface area contributed by atoms with Crippen molar-refractivity contribution in [2.24, 2.45) is 5.92 Å². The van der Waals surface area contributed by atoms with Crippen molar-refractivity contribution < 1.29 is 22.3 Å². The van der Waals surface area contributed by atoms with Crippen LogP contribution in [0.5, 0.6) is 5.75 Å². The van der Waals surface area contributed by atoms with E-state index in [2.05, 4.69) is 4.74 Å². The van der Waals surface area contributed by atoms with Crippen LogP contribution in [-0.4, -0.2) is 6.36 Å². The van der Waals surface area contributed by atoms with Gasteiger partial charge in [-0.15, -0.1) is 13.2 Å². The van der Waals surface area contributed by atoms with Crippen LogP contribution in [0.4, 0.5) is 17.6 Å². The van der Waals surface area contributed by atoms with Crippen LogP contribution in [0.25, 0.3) is 0 Å². The third-order valence-electron chi connectivity index (χ3n) is 4.09. The zero-order valence-electron chi connectivity index (χ0n) is 12.9. The lowest BCUT2D eigenvalue weighted by Crippen LogP contribution is -2.17. The molecule has 0 amide bonds. The first-order chi connectivity index (χ1) is 11.4. The Labute approximate surface area is 138 Å². The Kier molecular flexibility index (Phi) is 6.02. The first-order valence-electron chi connectivity index (χ1n) is 7.67. The van der Waals surface area contributed by atoms with Crippen molar-refractivity contribution in [3.63, 3.8) is 0 Å². The van der Waals surface area contributed by atoms with Crippen LogP contribution >= 0.6 is 0 Å². The summed E-state index contributed by atoms with van der Waals surface area (Å²) in [6, 6.07) is 7.43. The number of hydrogen-bond donors (Lipinski definition) is 0. The zero-order chi connectivity index (χ0) is 17.6. The topological polar surface area (TPSA) is 33.0 Å². The smallest absolute Gasteiger partial charge is 0.406 e. The molecule has 1 aromatic carbocycles. The highest BCUT2D eigenvalue weighted by Crippen LogP contribution is 2.37. The Morgan fingerprint density at radius 3 is 2.29 bits per heavy atom. The van der Waals surface area contributed by atoms with Crippen molar-refractivity contribution in [2.45, 2.75) is 38.0 Å². The van der Waals surface area contributed by atoms with Gasteiger partial charge in [-0.2, -0.15) is 9.65 Å². The van der Waals surface area contributed by atoms with Gasteiger partial charge in [-0.25, -0.2) is 0 Å². The van der Waals surface area contributed by atoms with Gasteiger partial charge in [0.25, 0.3) is 0 Å². The maximum Gasteiger partial charge on any atom is 0.573 e. The number of alkyl halides is 3. The molecule has 1 aliphatic carbocycles. The van der Waals surface area contributed by atoms with Gasteiger partial charge in [0.15, 0.2) is 5.83 Å². The second-order valence-electron chi connectivity index (χ2n) is 5.74. The van der Waals surface area contributed by atoms with E-state index in [1.54, 1.807) is 18.2 Å². The predicted octanol–water partition coefficient (Wildman–Crippen LogP) is 5.79. The van der Waals surface area contributed by atoms with E-state index in [1.807, 2.05) is 6.08 Å². The highest BCUT2D eigenvalue weighted by molar-refractivity contribution is 5.30. The molecule has 1 aliphatic rings. The van der Waals surface area contributed by atoms with Crippen LogP contribution < -0.4 is 4.74 Å². The van der Waals surface area contributed by atoms with Gasteiger partial charge in [0, 0.05) is 0 Å². The van der Waals surface area contributed by atoms with E-state index in [0.29, 0.717) is 11.8 Å². The predicted molar refractivity (Wildman–Crippen MR) is 81.8 cm³/mol. The van der Waals surface area contributed by atoms with Crippen molar-refractivity contribution in [3.05, 3.63) is 53.9 Å². The molecule has 6 heteroatoms. The van der Waals surface area contributed by atoms with Crippen LogP contribution in [0.3, 0.4) is 0 Å². The molecule has 0 heterocycles. The molecule has 0 unspecified atom stereocenters. The minimum Gasteiger partial charge on any atom is -0.406 e. The number of allylic oxidation sites excluding steroid dienone is 4. The Bertz CT molecular complexity index is 632. The summed E-state index contributed by atoms with van der Waals surface area (Å²) >= 11 is 0. The molecule has 0 aliphatic heterocycles. The molecule has 1 fully saturated rings. The average molecular weight is 339 g/mol. The Morgan fingerprint density at radius 1 is 1.12 bits per heavy atom. The monoisotopic (exact) mass is 339 g/mol. The first kappa shape index (κ1) is 18.1. The summed E-state index contributed by atoms with van der Waals surface area (Å²) in [5, 5.41) is 8.32. The number of nitriles is 1. The maximum atomic E-state index is 12.7. The van der Waals surface area contributed by atoms with Crippen molar-refractivity contribution in [1.29, 1.82) is 5.26 Å². The third-order valence-corrected chi connectivity index (χ3v) is 4.09. The van der Waals surface area contributed by atoms with E-state index in [4.69, 9.17) is 5.26 Å². The number of hydrogen-bond acceptors (Lipinski definition) is 2. The maximum absolute atomic E-state index is 12.7. The minimum atomic E-state index is -4.68. The van der Waals surface area contributed by atoms with Crippen molar-refractivity contribution in [2.75, 3.05) is 0 Å². The fourth-order valence-electron chi connectivity index (χ4n) is 2.92. The molecular formula is C18H17F4NO. The lowest BCUT2D eigenvalue weighted by Gasteiger charge is -2.27. The van der Waals surface area contributed by atoms with E-state index in [1.165, 1.54) is 18.2 Å². The number of ether oxygens (including phenoxy) is 1. The van der Waals surface area contributed by atoms with Gasteiger partial charge in [-0.1, -0.05) is 24.3 Å². The van der Waals surface area contributed by atoms with Gasteiger partial charge in [0.1, 0.15) is 11.8 Å². The van der Waals surface area contributed by atoms with Gasteiger partial charge in [-0.3, -0.25) is 0 Å². The van der Waals surface area contributed by atoms with Gasteiger partial charge in [0.05, 0.1) is 0 Å². The molecule has 1 saturated carbocycles. The highest BCUT2D eigenvalue weighted by atomic mass is 19.4. The Balaban J connectivity index is 1.87. The van der Waals surface area contributed by atoms with Crippen LogP contribution in [0.2, 0.25) is 0 Å². The molecule has 0 radical (unpaired) electrons. The van der Waals surface area contributed by atoms with E-state index < -0.39 is 12.2 Å². The second kappa shape index (κ2) is 8.00. The fraction of sp³-hybridized carbons (Fsp3) is 0.389. The Morgan fingerprint density at radius 2 is 1.75 bits per heavy atom. The molecule has 0 saturated heterocycles. The summed E-state index contributed by atoms with van der Waals surface area (Å²) < 4.78 is 53.0. The largest absolute Gasteiger partial charge is 0.573 e. The average Bonchev–Trinajstić information content (AvgIpc) is 2.54. The number of benzene rings is 1. The molecule has 2 nitrogen and oxygen atoms in total. The lowest BCUT2D eigenvalue weighted by molar-refractivity contribution is -0.274. The van der Waals surface area contributed by atoms with Crippen LogP contribution in [-0.2, 0) is 0 Å². The van der Waals surface area contributed by atoms with Gasteiger partial charge >= 0.3 is 6.36 Å². The number of nitrogens with zero attached hydrogens (tertiary/aromatic N) is 1.